The molecule has 42 heavy (non-hydrogen) atoms. The minimum absolute atomic E-state index is 0.0104. The first-order valence-corrected chi connectivity index (χ1v) is 15.4. The highest BCUT2D eigenvalue weighted by atomic mass is 32.1. The van der Waals surface area contributed by atoms with E-state index in [-0.39, 0.29) is 29.5 Å². The number of ether oxygens (including phenoxy) is 1. The summed E-state index contributed by atoms with van der Waals surface area (Å²) >= 11 is 2.81. The SMILES string of the molecule is NC(=O)c1c(Cc2cc(-c3coc4c(=O)cc(N5CCOCC5)sc34)sn2)nc(N[C@H]2CCCC[C@H]2N)n2ncnc12. The van der Waals surface area contributed by atoms with Crippen LogP contribution in [0.15, 0.2) is 33.9 Å². The normalized spacial score (nSPS) is 19.5. The van der Waals surface area contributed by atoms with Crippen molar-refractivity contribution < 1.29 is 13.9 Å². The summed E-state index contributed by atoms with van der Waals surface area (Å²) in [6.45, 7) is 2.72. The zero-order chi connectivity index (χ0) is 28.8. The number of nitrogens with one attached hydrogen (secondary N) is 1. The van der Waals surface area contributed by atoms with Gasteiger partial charge in [0.2, 0.25) is 11.4 Å². The number of carbonyl (C=O) groups excluding carboxylic acids is 1. The van der Waals surface area contributed by atoms with Gasteiger partial charge in [-0.3, -0.25) is 9.59 Å². The number of primary amides is 1. The smallest absolute Gasteiger partial charge is 0.254 e. The van der Waals surface area contributed by atoms with Gasteiger partial charge in [0.1, 0.15) is 18.2 Å². The number of amides is 1. The molecule has 2 atom stereocenters. The van der Waals surface area contributed by atoms with Crippen molar-refractivity contribution >= 4 is 55.7 Å². The van der Waals surface area contributed by atoms with E-state index in [2.05, 4.69) is 24.7 Å². The maximum atomic E-state index is 12.9. The van der Waals surface area contributed by atoms with Crippen molar-refractivity contribution in [2.75, 3.05) is 36.5 Å². The largest absolute Gasteiger partial charge is 0.459 e. The van der Waals surface area contributed by atoms with Crippen molar-refractivity contribution in [1.82, 2.24) is 24.0 Å². The first kappa shape index (κ1) is 26.9. The molecule has 2 aliphatic rings. The number of aromatic nitrogens is 5. The third kappa shape index (κ3) is 4.91. The number of rotatable bonds is 7. The van der Waals surface area contributed by atoms with Gasteiger partial charge in [-0.2, -0.15) is 14.0 Å². The lowest BCUT2D eigenvalue weighted by molar-refractivity contribution is 0.1000. The third-order valence-electron chi connectivity index (χ3n) is 7.81. The molecule has 0 unspecified atom stereocenters. The van der Waals surface area contributed by atoms with E-state index in [1.165, 1.54) is 33.7 Å². The lowest BCUT2D eigenvalue weighted by Crippen LogP contribution is -2.43. The summed E-state index contributed by atoms with van der Waals surface area (Å²) in [6, 6.07) is 3.58. The van der Waals surface area contributed by atoms with Crippen molar-refractivity contribution in [3.8, 4) is 10.4 Å². The van der Waals surface area contributed by atoms with Crippen LogP contribution >= 0.6 is 22.9 Å². The van der Waals surface area contributed by atoms with Gasteiger partial charge in [0.25, 0.3) is 5.91 Å². The molecule has 1 amide bonds. The standard InChI is InChI=1S/C27H29N9O4S2/c28-16-3-1-2-4-17(16)32-27-33-18(22(25(29)38)26-30-13-31-36(26)27)9-14-10-20(42-34-14)15-12-40-23-19(37)11-21(41-24(15)23)35-5-7-39-8-6-35/h10-13,16-17H,1-9,28H2,(H2,29,38)(H,32,33)/t16-,17+/m1/s1. The van der Waals surface area contributed by atoms with E-state index >= 15 is 0 Å². The first-order valence-electron chi connectivity index (χ1n) is 13.8. The van der Waals surface area contributed by atoms with Gasteiger partial charge in [0.15, 0.2) is 11.2 Å². The predicted octanol–water partition coefficient (Wildman–Crippen LogP) is 2.62. The average Bonchev–Trinajstić information content (AvgIpc) is 3.75. The second kappa shape index (κ2) is 11.1. The second-order valence-electron chi connectivity index (χ2n) is 10.5. The van der Waals surface area contributed by atoms with Crippen molar-refractivity contribution in [3.63, 3.8) is 0 Å². The molecule has 15 heteroatoms. The van der Waals surface area contributed by atoms with Gasteiger partial charge in [-0.15, -0.1) is 11.3 Å². The maximum absolute atomic E-state index is 12.9. The van der Waals surface area contributed by atoms with Crippen molar-refractivity contribution in [1.29, 1.82) is 0 Å². The van der Waals surface area contributed by atoms with Crippen LogP contribution in [0, 0.1) is 0 Å². The Morgan fingerprint density at radius 3 is 2.83 bits per heavy atom. The molecule has 0 spiro atoms. The Kier molecular flexibility index (Phi) is 7.09. The fourth-order valence-corrected chi connectivity index (χ4v) is 7.67. The molecule has 1 saturated carbocycles. The summed E-state index contributed by atoms with van der Waals surface area (Å²) in [7, 11) is 0. The Bertz CT molecular complexity index is 1840. The lowest BCUT2D eigenvalue weighted by Gasteiger charge is -2.29. The van der Waals surface area contributed by atoms with Crippen LogP contribution in [0.3, 0.4) is 0 Å². The highest BCUT2D eigenvalue weighted by Crippen LogP contribution is 2.38. The maximum Gasteiger partial charge on any atom is 0.254 e. The average molecular weight is 608 g/mol. The fourth-order valence-electron chi connectivity index (χ4n) is 5.64. The Morgan fingerprint density at radius 1 is 1.19 bits per heavy atom. The quantitative estimate of drug-likeness (QED) is 0.247. The van der Waals surface area contributed by atoms with E-state index in [9.17, 15) is 9.59 Å². The van der Waals surface area contributed by atoms with E-state index < -0.39 is 5.91 Å². The molecular formula is C27H29N9O4S2. The number of nitrogens with zero attached hydrogens (tertiary/aromatic N) is 6. The van der Waals surface area contributed by atoms with Gasteiger partial charge in [-0.25, -0.2) is 9.97 Å². The number of anilines is 2. The van der Waals surface area contributed by atoms with Crippen LogP contribution < -0.4 is 27.1 Å². The predicted molar refractivity (Wildman–Crippen MR) is 160 cm³/mol. The summed E-state index contributed by atoms with van der Waals surface area (Å²) in [6.07, 6.45) is 7.24. The molecule has 0 bridgehead atoms. The van der Waals surface area contributed by atoms with Crippen LogP contribution in [0.1, 0.15) is 47.4 Å². The van der Waals surface area contributed by atoms with Crippen molar-refractivity contribution in [3.05, 3.63) is 51.9 Å². The number of hydrogen-bond donors (Lipinski definition) is 3. The van der Waals surface area contributed by atoms with E-state index in [4.69, 9.17) is 25.6 Å². The fraction of sp³-hybridized carbons (Fsp3) is 0.407. The molecule has 218 valence electrons. The van der Waals surface area contributed by atoms with Crippen LogP contribution in [0.4, 0.5) is 10.9 Å². The van der Waals surface area contributed by atoms with Crippen LogP contribution in [0.2, 0.25) is 0 Å². The number of carbonyl (C=O) groups is 1. The van der Waals surface area contributed by atoms with Crippen molar-refractivity contribution in [2.45, 2.75) is 44.2 Å². The Labute approximate surface area is 247 Å². The molecule has 5 aromatic heterocycles. The third-order valence-corrected chi connectivity index (χ3v) is 9.86. The number of fused-ring (bicyclic) bond motifs is 2. The van der Waals surface area contributed by atoms with Crippen LogP contribution in [-0.4, -0.2) is 68.2 Å². The molecular weight excluding hydrogens is 578 g/mol. The molecule has 0 aromatic carbocycles. The molecule has 0 radical (unpaired) electrons. The summed E-state index contributed by atoms with van der Waals surface area (Å²) in [5, 5.41) is 8.61. The number of nitrogens with two attached hydrogens (primary N) is 2. The van der Waals surface area contributed by atoms with E-state index in [0.29, 0.717) is 41.8 Å². The molecule has 1 aliphatic heterocycles. The molecule has 6 heterocycles. The van der Waals surface area contributed by atoms with Crippen LogP contribution in [0.5, 0.6) is 0 Å². The van der Waals surface area contributed by atoms with Gasteiger partial charge in [-0.1, -0.05) is 12.8 Å². The number of hydrogen-bond acceptors (Lipinski definition) is 13. The summed E-state index contributed by atoms with van der Waals surface area (Å²) in [5.41, 5.74) is 14.8. The second-order valence-corrected chi connectivity index (χ2v) is 12.4. The van der Waals surface area contributed by atoms with Gasteiger partial charge in [-0.05, 0) is 30.4 Å². The summed E-state index contributed by atoms with van der Waals surface area (Å²) in [5.74, 6) is -0.185. The summed E-state index contributed by atoms with van der Waals surface area (Å²) < 4.78 is 18.1. The minimum atomic E-state index is -0.645. The van der Waals surface area contributed by atoms with E-state index in [1.807, 2.05) is 6.07 Å². The minimum Gasteiger partial charge on any atom is -0.459 e. The lowest BCUT2D eigenvalue weighted by atomic mass is 9.91. The highest BCUT2D eigenvalue weighted by molar-refractivity contribution is 7.23. The van der Waals surface area contributed by atoms with Crippen LogP contribution in [0.25, 0.3) is 26.4 Å². The zero-order valence-corrected chi connectivity index (χ0v) is 24.2. The Hall–Kier alpha value is -3.92. The van der Waals surface area contributed by atoms with Crippen molar-refractivity contribution in [2.24, 2.45) is 11.5 Å². The molecule has 7 rings (SSSR count). The molecule has 2 fully saturated rings. The number of morpholine rings is 1. The molecule has 1 saturated heterocycles. The molecule has 5 aromatic rings. The first-order chi connectivity index (χ1) is 20.5. The van der Waals surface area contributed by atoms with E-state index in [1.54, 1.807) is 12.3 Å². The van der Waals surface area contributed by atoms with E-state index in [0.717, 1.165) is 58.9 Å². The van der Waals surface area contributed by atoms with Gasteiger partial charge in [0, 0.05) is 43.2 Å². The Balaban J connectivity index is 1.23. The van der Waals surface area contributed by atoms with Crippen LogP contribution in [-0.2, 0) is 11.2 Å². The number of furan rings is 1. The highest BCUT2D eigenvalue weighted by Gasteiger charge is 2.26. The topological polar surface area (TPSA) is 180 Å². The monoisotopic (exact) mass is 607 g/mol. The molecule has 13 nitrogen and oxygen atoms in total. The van der Waals surface area contributed by atoms with Gasteiger partial charge >= 0.3 is 0 Å². The Morgan fingerprint density at radius 2 is 2.02 bits per heavy atom. The summed E-state index contributed by atoms with van der Waals surface area (Å²) in [4.78, 5) is 37.6. The molecule has 5 N–H and O–H groups in total. The van der Waals surface area contributed by atoms with Gasteiger partial charge < -0.3 is 30.8 Å². The van der Waals surface area contributed by atoms with Gasteiger partial charge in [0.05, 0.1) is 39.2 Å². The zero-order valence-electron chi connectivity index (χ0n) is 22.6. The molecule has 1 aliphatic carbocycles.